The molecule has 0 radical (unpaired) electrons. The average molecular weight is 288 g/mol. The zero-order valence-corrected chi connectivity index (χ0v) is 12.3. The number of nitrogens with one attached hydrogen (secondary N) is 1. The number of carboxylic acid groups (broad SMARTS) is 1. The van der Waals surface area contributed by atoms with E-state index in [9.17, 15) is 9.59 Å². The van der Waals surface area contributed by atoms with Crippen LogP contribution in [0.15, 0.2) is 18.2 Å². The highest BCUT2D eigenvalue weighted by Gasteiger charge is 2.13. The molecular formula is C16H20N2O3. The van der Waals surface area contributed by atoms with E-state index in [1.165, 1.54) is 0 Å². The van der Waals surface area contributed by atoms with Crippen molar-refractivity contribution < 1.29 is 14.7 Å². The summed E-state index contributed by atoms with van der Waals surface area (Å²) in [6, 6.07) is 7.12. The molecule has 1 amide bonds. The first kappa shape index (κ1) is 16.7. The number of aryl methyl sites for hydroxylation is 1. The Balaban J connectivity index is 2.89. The van der Waals surface area contributed by atoms with Gasteiger partial charge in [0.25, 0.3) is 0 Å². The van der Waals surface area contributed by atoms with Crippen LogP contribution in [0, 0.1) is 17.2 Å². The van der Waals surface area contributed by atoms with Crippen LogP contribution in [0.25, 0.3) is 0 Å². The summed E-state index contributed by atoms with van der Waals surface area (Å²) in [5, 5.41) is 20.5. The van der Waals surface area contributed by atoms with Crippen molar-refractivity contribution >= 4 is 17.6 Å². The molecule has 0 aliphatic carbocycles. The molecule has 21 heavy (non-hydrogen) atoms. The smallest absolute Gasteiger partial charge is 0.303 e. The number of benzene rings is 1. The van der Waals surface area contributed by atoms with Crippen LogP contribution in [0.2, 0.25) is 0 Å². The number of anilines is 1. The van der Waals surface area contributed by atoms with E-state index in [-0.39, 0.29) is 18.2 Å². The molecule has 0 fully saturated rings. The van der Waals surface area contributed by atoms with Crippen molar-refractivity contribution in [3.63, 3.8) is 0 Å². The van der Waals surface area contributed by atoms with E-state index in [0.717, 1.165) is 12.0 Å². The lowest BCUT2D eigenvalue weighted by Crippen LogP contribution is -2.20. The summed E-state index contributed by atoms with van der Waals surface area (Å²) >= 11 is 0. The molecular weight excluding hydrogens is 268 g/mol. The minimum absolute atomic E-state index is 0.0821. The number of aliphatic carboxylic acids is 1. The molecule has 0 heterocycles. The summed E-state index contributed by atoms with van der Waals surface area (Å²) in [4.78, 5) is 22.6. The Morgan fingerprint density at radius 1 is 1.43 bits per heavy atom. The van der Waals surface area contributed by atoms with Gasteiger partial charge in [0.05, 0.1) is 11.6 Å². The Morgan fingerprint density at radius 2 is 2.14 bits per heavy atom. The van der Waals surface area contributed by atoms with Gasteiger partial charge in [0.15, 0.2) is 0 Å². The number of hydrogen-bond donors (Lipinski definition) is 2. The highest BCUT2D eigenvalue weighted by atomic mass is 16.4. The van der Waals surface area contributed by atoms with E-state index >= 15 is 0 Å². The molecule has 0 aliphatic rings. The van der Waals surface area contributed by atoms with Gasteiger partial charge in [0.2, 0.25) is 5.91 Å². The van der Waals surface area contributed by atoms with E-state index in [1.54, 1.807) is 18.2 Å². The predicted molar refractivity (Wildman–Crippen MR) is 79.8 cm³/mol. The van der Waals surface area contributed by atoms with Crippen LogP contribution in [0.4, 0.5) is 5.69 Å². The zero-order valence-electron chi connectivity index (χ0n) is 12.3. The maximum atomic E-state index is 12.0. The molecule has 1 rings (SSSR count). The molecule has 0 aromatic heterocycles. The molecule has 1 atom stereocenters. The lowest BCUT2D eigenvalue weighted by Gasteiger charge is -2.14. The van der Waals surface area contributed by atoms with Gasteiger partial charge in [-0.15, -0.1) is 0 Å². The molecule has 5 nitrogen and oxygen atoms in total. The van der Waals surface area contributed by atoms with Crippen LogP contribution in [0.3, 0.4) is 0 Å². The first-order valence-corrected chi connectivity index (χ1v) is 7.03. The Morgan fingerprint density at radius 3 is 2.71 bits per heavy atom. The fourth-order valence-electron chi connectivity index (χ4n) is 1.85. The third-order valence-electron chi connectivity index (χ3n) is 3.39. The van der Waals surface area contributed by atoms with Crippen LogP contribution in [0.1, 0.15) is 44.2 Å². The molecule has 5 heteroatoms. The number of carboxylic acids is 1. The molecule has 2 N–H and O–H groups in total. The summed E-state index contributed by atoms with van der Waals surface area (Å²) in [6.45, 7) is 3.78. The first-order valence-electron chi connectivity index (χ1n) is 7.03. The third kappa shape index (κ3) is 5.27. The minimum Gasteiger partial charge on any atom is -0.481 e. The Labute approximate surface area is 124 Å². The van der Waals surface area contributed by atoms with E-state index in [0.29, 0.717) is 24.1 Å². The van der Waals surface area contributed by atoms with Gasteiger partial charge in [0.1, 0.15) is 0 Å². The number of hydrogen-bond acceptors (Lipinski definition) is 3. The summed E-state index contributed by atoms with van der Waals surface area (Å²) in [5.74, 6) is -1.04. The molecule has 1 aromatic carbocycles. The minimum atomic E-state index is -0.839. The van der Waals surface area contributed by atoms with Gasteiger partial charge in [-0.25, -0.2) is 0 Å². The first-order chi connectivity index (χ1) is 9.97. The van der Waals surface area contributed by atoms with Gasteiger partial charge in [0, 0.05) is 18.0 Å². The lowest BCUT2D eigenvalue weighted by molar-refractivity contribution is -0.137. The van der Waals surface area contributed by atoms with Crippen LogP contribution in [-0.4, -0.2) is 17.0 Å². The Kier molecular flexibility index (Phi) is 6.41. The second-order valence-electron chi connectivity index (χ2n) is 5.03. The van der Waals surface area contributed by atoms with Crippen molar-refractivity contribution in [3.8, 4) is 6.07 Å². The number of carbonyl (C=O) groups is 2. The van der Waals surface area contributed by atoms with Gasteiger partial charge in [-0.3, -0.25) is 9.59 Å². The summed E-state index contributed by atoms with van der Waals surface area (Å²) in [6.07, 6.45) is 1.86. The van der Waals surface area contributed by atoms with E-state index in [2.05, 4.69) is 5.32 Å². The highest BCUT2D eigenvalue weighted by Crippen LogP contribution is 2.21. The lowest BCUT2D eigenvalue weighted by atomic mass is 10.0. The largest absolute Gasteiger partial charge is 0.481 e. The molecule has 112 valence electrons. The Hall–Kier alpha value is -2.35. The summed E-state index contributed by atoms with van der Waals surface area (Å²) in [5.41, 5.74) is 1.92. The molecule has 1 aromatic rings. The molecule has 0 saturated carbocycles. The van der Waals surface area contributed by atoms with Gasteiger partial charge in [-0.05, 0) is 37.0 Å². The van der Waals surface area contributed by atoms with Gasteiger partial charge in [-0.1, -0.05) is 19.9 Å². The standard InChI is InChI=1S/C16H20N2O3/c1-3-11(2)16(21)18-14-9-12(10-17)7-8-13(14)5-4-6-15(19)20/h7-9,11H,3-6H2,1-2H3,(H,18,21)(H,19,20). The quantitative estimate of drug-likeness (QED) is 0.807. The van der Waals surface area contributed by atoms with Crippen LogP contribution in [-0.2, 0) is 16.0 Å². The van der Waals surface area contributed by atoms with E-state index < -0.39 is 5.97 Å². The average Bonchev–Trinajstić information content (AvgIpc) is 2.47. The third-order valence-corrected chi connectivity index (χ3v) is 3.39. The van der Waals surface area contributed by atoms with Crippen LogP contribution in [0.5, 0.6) is 0 Å². The molecule has 1 unspecified atom stereocenters. The van der Waals surface area contributed by atoms with Crippen molar-refractivity contribution in [2.45, 2.75) is 39.5 Å². The normalized spacial score (nSPS) is 11.5. The van der Waals surface area contributed by atoms with Gasteiger partial charge >= 0.3 is 5.97 Å². The summed E-state index contributed by atoms with van der Waals surface area (Å²) < 4.78 is 0. The molecule has 0 aliphatic heterocycles. The number of nitriles is 1. The number of amides is 1. The van der Waals surface area contributed by atoms with Crippen molar-refractivity contribution in [2.75, 3.05) is 5.32 Å². The highest BCUT2D eigenvalue weighted by molar-refractivity contribution is 5.93. The number of carbonyl (C=O) groups excluding carboxylic acids is 1. The maximum absolute atomic E-state index is 12.0. The fraction of sp³-hybridized carbons (Fsp3) is 0.438. The molecule has 0 bridgehead atoms. The van der Waals surface area contributed by atoms with Crippen molar-refractivity contribution in [1.29, 1.82) is 5.26 Å². The van der Waals surface area contributed by atoms with Gasteiger partial charge in [-0.2, -0.15) is 5.26 Å². The number of rotatable bonds is 7. The second-order valence-corrected chi connectivity index (χ2v) is 5.03. The second kappa shape index (κ2) is 8.05. The Bertz CT molecular complexity index is 561. The van der Waals surface area contributed by atoms with Crippen molar-refractivity contribution in [3.05, 3.63) is 29.3 Å². The summed E-state index contributed by atoms with van der Waals surface area (Å²) in [7, 11) is 0. The zero-order chi connectivity index (χ0) is 15.8. The molecule has 0 spiro atoms. The van der Waals surface area contributed by atoms with E-state index in [4.69, 9.17) is 10.4 Å². The van der Waals surface area contributed by atoms with Gasteiger partial charge < -0.3 is 10.4 Å². The number of nitrogens with zero attached hydrogens (tertiary/aromatic N) is 1. The maximum Gasteiger partial charge on any atom is 0.303 e. The molecule has 0 saturated heterocycles. The monoisotopic (exact) mass is 288 g/mol. The topological polar surface area (TPSA) is 90.2 Å². The van der Waals surface area contributed by atoms with Crippen molar-refractivity contribution in [2.24, 2.45) is 5.92 Å². The van der Waals surface area contributed by atoms with Crippen LogP contribution >= 0.6 is 0 Å². The predicted octanol–water partition coefficient (Wildman–Crippen LogP) is 2.95. The SMILES string of the molecule is CCC(C)C(=O)Nc1cc(C#N)ccc1CCCC(=O)O. The van der Waals surface area contributed by atoms with Crippen LogP contribution < -0.4 is 5.32 Å². The van der Waals surface area contributed by atoms with E-state index in [1.807, 2.05) is 19.9 Å². The fourth-order valence-corrected chi connectivity index (χ4v) is 1.85. The van der Waals surface area contributed by atoms with Crippen molar-refractivity contribution in [1.82, 2.24) is 0 Å².